The van der Waals surface area contributed by atoms with Gasteiger partial charge in [-0.3, -0.25) is 24.8 Å². The number of benzene rings is 1. The number of hydrogen-bond acceptors (Lipinski definition) is 5. The third-order valence-electron chi connectivity index (χ3n) is 6.36. The second kappa shape index (κ2) is 9.43. The Kier molecular flexibility index (Phi) is 5.91. The largest absolute Gasteiger partial charge is 0.353 e. The Labute approximate surface area is 223 Å². The average molecular weight is 520 g/mol. The predicted molar refractivity (Wildman–Crippen MR) is 150 cm³/mol. The Bertz CT molecular complexity index is 1850. The molecule has 9 heteroatoms. The van der Waals surface area contributed by atoms with Gasteiger partial charge in [0.2, 0.25) is 5.91 Å². The van der Waals surface area contributed by atoms with E-state index in [1.54, 1.807) is 30.9 Å². The Morgan fingerprint density at radius 3 is 2.59 bits per heavy atom. The molecule has 0 unspecified atom stereocenters. The summed E-state index contributed by atoms with van der Waals surface area (Å²) in [6.07, 6.45) is 7.18. The number of aromatic amines is 2. The summed E-state index contributed by atoms with van der Waals surface area (Å²) in [6.45, 7) is 6.07. The fourth-order valence-corrected chi connectivity index (χ4v) is 4.66. The molecule has 8 nitrogen and oxygen atoms in total. The zero-order chi connectivity index (χ0) is 27.1. The highest BCUT2D eigenvalue weighted by molar-refractivity contribution is 6.00. The molecular formula is C30H26FN7O. The molecule has 0 saturated heterocycles. The Morgan fingerprint density at radius 1 is 0.923 bits per heavy atom. The molecule has 3 N–H and O–H groups in total. The van der Waals surface area contributed by atoms with Gasteiger partial charge in [0.15, 0.2) is 0 Å². The van der Waals surface area contributed by atoms with Crippen LogP contribution in [0.15, 0.2) is 73.3 Å². The summed E-state index contributed by atoms with van der Waals surface area (Å²) in [7, 11) is 0. The number of nitrogens with zero attached hydrogens (tertiary/aromatic N) is 4. The topological polar surface area (TPSA) is 112 Å². The molecule has 194 valence electrons. The summed E-state index contributed by atoms with van der Waals surface area (Å²) < 4.78 is 13.9. The van der Waals surface area contributed by atoms with Gasteiger partial charge in [-0.05, 0) is 41.8 Å². The van der Waals surface area contributed by atoms with Crippen LogP contribution in [-0.2, 0) is 4.79 Å². The standard InChI is InChI=1S/C30H26FN7O/c1-30(2,3)13-27(39)35-20-10-18(14-32-15-20)24-11-22-26(16-34-24)37-38-29(22)25-12-21-23(36-25)7-8-33-28(21)17-5-4-6-19(31)9-17/h4-12,14-16,36H,13H2,1-3H3,(H,35,39)(H,37,38). The molecule has 0 radical (unpaired) electrons. The Hall–Kier alpha value is -4.92. The van der Waals surface area contributed by atoms with Gasteiger partial charge in [-0.15, -0.1) is 0 Å². The quantitative estimate of drug-likeness (QED) is 0.233. The molecule has 0 spiro atoms. The molecule has 6 rings (SSSR count). The summed E-state index contributed by atoms with van der Waals surface area (Å²) in [6, 6.07) is 14.1. The Morgan fingerprint density at radius 2 is 1.77 bits per heavy atom. The van der Waals surface area contributed by atoms with E-state index in [0.717, 1.165) is 38.8 Å². The van der Waals surface area contributed by atoms with Gasteiger partial charge in [0.05, 0.1) is 40.7 Å². The zero-order valence-electron chi connectivity index (χ0n) is 21.7. The van der Waals surface area contributed by atoms with Gasteiger partial charge in [-0.1, -0.05) is 32.9 Å². The molecule has 0 bridgehead atoms. The first-order valence-electron chi connectivity index (χ1n) is 12.6. The van der Waals surface area contributed by atoms with Gasteiger partial charge in [0, 0.05) is 46.2 Å². The van der Waals surface area contributed by atoms with E-state index in [1.165, 1.54) is 12.1 Å². The number of nitrogens with one attached hydrogen (secondary N) is 3. The highest BCUT2D eigenvalue weighted by atomic mass is 19.1. The van der Waals surface area contributed by atoms with E-state index < -0.39 is 0 Å². The first-order valence-corrected chi connectivity index (χ1v) is 12.6. The highest BCUT2D eigenvalue weighted by Crippen LogP contribution is 2.34. The second-order valence-corrected chi connectivity index (χ2v) is 10.7. The molecule has 1 aromatic carbocycles. The maximum atomic E-state index is 13.9. The van der Waals surface area contributed by atoms with Crippen LogP contribution in [0.25, 0.3) is 55.7 Å². The molecule has 5 heterocycles. The smallest absolute Gasteiger partial charge is 0.224 e. The van der Waals surface area contributed by atoms with Crippen LogP contribution in [-0.4, -0.2) is 36.0 Å². The summed E-state index contributed by atoms with van der Waals surface area (Å²) in [5.74, 6) is -0.374. The lowest BCUT2D eigenvalue weighted by Crippen LogP contribution is -2.19. The molecule has 1 amide bonds. The number of fused-ring (bicyclic) bond motifs is 2. The van der Waals surface area contributed by atoms with Gasteiger partial charge in [0.1, 0.15) is 11.5 Å². The lowest BCUT2D eigenvalue weighted by molar-refractivity contribution is -0.117. The van der Waals surface area contributed by atoms with Crippen molar-refractivity contribution in [1.82, 2.24) is 30.1 Å². The van der Waals surface area contributed by atoms with Crippen LogP contribution in [0.3, 0.4) is 0 Å². The summed E-state index contributed by atoms with van der Waals surface area (Å²) >= 11 is 0. The van der Waals surface area contributed by atoms with E-state index in [9.17, 15) is 9.18 Å². The number of H-pyrrole nitrogens is 2. The fraction of sp³-hybridized carbons (Fsp3) is 0.167. The summed E-state index contributed by atoms with van der Waals surface area (Å²) in [5.41, 5.74) is 6.51. The normalized spacial score (nSPS) is 11.8. The number of aromatic nitrogens is 6. The van der Waals surface area contributed by atoms with Crippen molar-refractivity contribution >= 4 is 33.4 Å². The minimum Gasteiger partial charge on any atom is -0.353 e. The van der Waals surface area contributed by atoms with Gasteiger partial charge >= 0.3 is 0 Å². The molecule has 0 aliphatic rings. The monoisotopic (exact) mass is 519 g/mol. The van der Waals surface area contributed by atoms with Crippen molar-refractivity contribution in [3.05, 3.63) is 79.1 Å². The SMILES string of the molecule is CC(C)(C)CC(=O)Nc1cncc(-c2cc3c(-c4cc5c(-c6cccc(F)c6)nccc5[nH]4)n[nH]c3cn2)c1. The van der Waals surface area contributed by atoms with Crippen molar-refractivity contribution in [1.29, 1.82) is 0 Å². The van der Waals surface area contributed by atoms with E-state index in [1.807, 2.05) is 51.1 Å². The molecule has 0 aliphatic carbocycles. The van der Waals surface area contributed by atoms with Gasteiger partial charge in [-0.2, -0.15) is 5.10 Å². The van der Waals surface area contributed by atoms with Crippen LogP contribution < -0.4 is 5.32 Å². The number of anilines is 1. The summed E-state index contributed by atoms with van der Waals surface area (Å²) in [4.78, 5) is 29.3. The van der Waals surface area contributed by atoms with Gasteiger partial charge < -0.3 is 10.3 Å². The number of amides is 1. The molecule has 39 heavy (non-hydrogen) atoms. The molecule has 0 atom stereocenters. The van der Waals surface area contributed by atoms with Crippen molar-refractivity contribution < 1.29 is 9.18 Å². The van der Waals surface area contributed by atoms with Crippen LogP contribution in [0.5, 0.6) is 0 Å². The number of carbonyl (C=O) groups is 1. The molecule has 6 aromatic rings. The van der Waals surface area contributed by atoms with Crippen LogP contribution in [0.4, 0.5) is 10.1 Å². The van der Waals surface area contributed by atoms with Gasteiger partial charge in [0.25, 0.3) is 0 Å². The number of hydrogen-bond donors (Lipinski definition) is 3. The number of carbonyl (C=O) groups excluding carboxylic acids is 1. The molecule has 0 saturated carbocycles. The maximum absolute atomic E-state index is 13.9. The predicted octanol–water partition coefficient (Wildman–Crippen LogP) is 6.74. The highest BCUT2D eigenvalue weighted by Gasteiger charge is 2.18. The van der Waals surface area contributed by atoms with Crippen molar-refractivity contribution in [3.63, 3.8) is 0 Å². The van der Waals surface area contributed by atoms with Crippen LogP contribution >= 0.6 is 0 Å². The van der Waals surface area contributed by atoms with Gasteiger partial charge in [-0.25, -0.2) is 4.39 Å². The number of halogens is 1. The minimum atomic E-state index is -0.312. The fourth-order valence-electron chi connectivity index (χ4n) is 4.66. The van der Waals surface area contributed by atoms with E-state index in [0.29, 0.717) is 29.1 Å². The molecule has 0 aliphatic heterocycles. The van der Waals surface area contributed by atoms with E-state index in [4.69, 9.17) is 0 Å². The minimum absolute atomic E-state index is 0.0621. The van der Waals surface area contributed by atoms with Crippen LogP contribution in [0.2, 0.25) is 0 Å². The molecule has 5 aromatic heterocycles. The lowest BCUT2D eigenvalue weighted by Gasteiger charge is -2.17. The zero-order valence-corrected chi connectivity index (χ0v) is 21.7. The van der Waals surface area contributed by atoms with E-state index in [-0.39, 0.29) is 17.1 Å². The van der Waals surface area contributed by atoms with Crippen molar-refractivity contribution in [2.75, 3.05) is 5.32 Å². The van der Waals surface area contributed by atoms with Crippen molar-refractivity contribution in [2.45, 2.75) is 27.2 Å². The molecule has 0 fully saturated rings. The van der Waals surface area contributed by atoms with Crippen LogP contribution in [0, 0.1) is 11.2 Å². The maximum Gasteiger partial charge on any atom is 0.224 e. The second-order valence-electron chi connectivity index (χ2n) is 10.7. The van der Waals surface area contributed by atoms with Crippen LogP contribution in [0.1, 0.15) is 27.2 Å². The lowest BCUT2D eigenvalue weighted by atomic mass is 9.92. The van der Waals surface area contributed by atoms with Crippen molar-refractivity contribution in [2.24, 2.45) is 5.41 Å². The number of pyridine rings is 3. The first-order chi connectivity index (χ1) is 18.7. The Balaban J connectivity index is 1.37. The third-order valence-corrected chi connectivity index (χ3v) is 6.36. The first kappa shape index (κ1) is 24.4. The van der Waals surface area contributed by atoms with E-state index in [2.05, 4.69) is 35.5 Å². The van der Waals surface area contributed by atoms with E-state index >= 15 is 0 Å². The average Bonchev–Trinajstić information content (AvgIpc) is 3.51. The third kappa shape index (κ3) is 4.98. The number of rotatable bonds is 5. The van der Waals surface area contributed by atoms with Crippen molar-refractivity contribution in [3.8, 4) is 33.9 Å². The summed E-state index contributed by atoms with van der Waals surface area (Å²) in [5, 5.41) is 12.3. The molecular weight excluding hydrogens is 493 g/mol.